The molecule has 3 heteroatoms. The van der Waals surface area contributed by atoms with Crippen LogP contribution in [0.15, 0.2) is 40.9 Å². The molecule has 0 aliphatic carbocycles. The molecule has 3 rings (SSSR count). The molecule has 2 aromatic carbocycles. The summed E-state index contributed by atoms with van der Waals surface area (Å²) in [7, 11) is 0. The molecule has 0 saturated heterocycles. The molecule has 0 saturated carbocycles. The van der Waals surface area contributed by atoms with Crippen LogP contribution in [0.5, 0.6) is 0 Å². The van der Waals surface area contributed by atoms with E-state index >= 15 is 0 Å². The number of benzene rings is 2. The van der Waals surface area contributed by atoms with E-state index in [0.717, 1.165) is 27.6 Å². The average molecular weight is 344 g/mol. The molecule has 1 amide bonds. The second kappa shape index (κ2) is 5.64. The molecule has 21 heavy (non-hydrogen) atoms. The maximum absolute atomic E-state index is 12.6. The van der Waals surface area contributed by atoms with Gasteiger partial charge in [0.15, 0.2) is 0 Å². The summed E-state index contributed by atoms with van der Waals surface area (Å²) in [5, 5.41) is 0. The molecule has 2 nitrogen and oxygen atoms in total. The lowest BCUT2D eigenvalue weighted by atomic mass is 10.0. The van der Waals surface area contributed by atoms with E-state index in [1.807, 2.05) is 17.9 Å². The standard InChI is InChI=1S/C18H18BrNO/c1-3-13-4-6-14(7-5-13)10-20-11-15-9-16(19)8-12(2)17(15)18(20)21/h4-9H,3,10-11H2,1-2H3. The molecule has 0 unspecified atom stereocenters. The van der Waals surface area contributed by atoms with Crippen LogP contribution in [0.1, 0.15) is 39.5 Å². The highest BCUT2D eigenvalue weighted by molar-refractivity contribution is 9.10. The minimum absolute atomic E-state index is 0.148. The zero-order valence-corrected chi connectivity index (χ0v) is 13.9. The van der Waals surface area contributed by atoms with Crippen LogP contribution in [0.3, 0.4) is 0 Å². The van der Waals surface area contributed by atoms with Gasteiger partial charge in [-0.05, 0) is 47.7 Å². The third-order valence-electron chi connectivity index (χ3n) is 4.05. The number of amides is 1. The first kappa shape index (κ1) is 14.3. The van der Waals surface area contributed by atoms with E-state index < -0.39 is 0 Å². The molecule has 0 fully saturated rings. The Morgan fingerprint density at radius 1 is 1.14 bits per heavy atom. The predicted molar refractivity (Wildman–Crippen MR) is 88.3 cm³/mol. The number of halogens is 1. The van der Waals surface area contributed by atoms with Gasteiger partial charge in [0.05, 0.1) is 0 Å². The van der Waals surface area contributed by atoms with Crippen LogP contribution in [0.4, 0.5) is 0 Å². The van der Waals surface area contributed by atoms with Crippen molar-refractivity contribution in [3.05, 3.63) is 68.7 Å². The fraction of sp³-hybridized carbons (Fsp3) is 0.278. The number of aryl methyl sites for hydroxylation is 2. The van der Waals surface area contributed by atoms with Crippen LogP contribution in [-0.4, -0.2) is 10.8 Å². The van der Waals surface area contributed by atoms with Gasteiger partial charge in [0.25, 0.3) is 5.91 Å². The molecule has 0 spiro atoms. The van der Waals surface area contributed by atoms with Crippen molar-refractivity contribution in [3.8, 4) is 0 Å². The Kier molecular flexibility index (Phi) is 3.85. The van der Waals surface area contributed by atoms with Crippen molar-refractivity contribution in [2.75, 3.05) is 0 Å². The summed E-state index contributed by atoms with van der Waals surface area (Å²) in [6, 6.07) is 12.6. The molecule has 0 aromatic heterocycles. The van der Waals surface area contributed by atoms with E-state index in [4.69, 9.17) is 0 Å². The van der Waals surface area contributed by atoms with E-state index in [-0.39, 0.29) is 5.91 Å². The molecule has 0 atom stereocenters. The van der Waals surface area contributed by atoms with Crippen LogP contribution in [-0.2, 0) is 19.5 Å². The first-order valence-electron chi connectivity index (χ1n) is 7.24. The summed E-state index contributed by atoms with van der Waals surface area (Å²) in [4.78, 5) is 14.5. The van der Waals surface area contributed by atoms with Crippen LogP contribution < -0.4 is 0 Å². The molecule has 2 aromatic rings. The number of nitrogens with zero attached hydrogens (tertiary/aromatic N) is 1. The lowest BCUT2D eigenvalue weighted by Gasteiger charge is -2.16. The molecule has 1 aliphatic heterocycles. The SMILES string of the molecule is CCc1ccc(CN2Cc3cc(Br)cc(C)c3C2=O)cc1. The molecule has 0 bridgehead atoms. The monoisotopic (exact) mass is 343 g/mol. The predicted octanol–water partition coefficient (Wildman–Crippen LogP) is 4.48. The highest BCUT2D eigenvalue weighted by atomic mass is 79.9. The lowest BCUT2D eigenvalue weighted by Crippen LogP contribution is -2.23. The number of carbonyl (C=O) groups excluding carboxylic acids is 1. The Hall–Kier alpha value is -1.61. The fourth-order valence-corrected chi connectivity index (χ4v) is 3.53. The number of hydrogen-bond donors (Lipinski definition) is 0. The number of hydrogen-bond acceptors (Lipinski definition) is 1. The molecule has 1 heterocycles. The first-order chi connectivity index (χ1) is 10.1. The Morgan fingerprint density at radius 3 is 2.48 bits per heavy atom. The van der Waals surface area contributed by atoms with Gasteiger partial charge in [0.1, 0.15) is 0 Å². The third kappa shape index (κ3) is 2.75. The summed E-state index contributed by atoms with van der Waals surface area (Å²) in [5.41, 5.74) is 5.56. The van der Waals surface area contributed by atoms with Gasteiger partial charge in [-0.15, -0.1) is 0 Å². The molecular weight excluding hydrogens is 326 g/mol. The van der Waals surface area contributed by atoms with E-state index in [1.54, 1.807) is 0 Å². The largest absolute Gasteiger partial charge is 0.330 e. The number of fused-ring (bicyclic) bond motifs is 1. The second-order valence-corrected chi connectivity index (χ2v) is 6.50. The van der Waals surface area contributed by atoms with Gasteiger partial charge in [0.2, 0.25) is 0 Å². The van der Waals surface area contributed by atoms with Gasteiger partial charge in [-0.2, -0.15) is 0 Å². The maximum atomic E-state index is 12.6. The van der Waals surface area contributed by atoms with Crippen LogP contribution >= 0.6 is 15.9 Å². The smallest absolute Gasteiger partial charge is 0.255 e. The molecule has 108 valence electrons. The van der Waals surface area contributed by atoms with Gasteiger partial charge in [-0.1, -0.05) is 47.1 Å². The van der Waals surface area contributed by atoms with Crippen molar-refractivity contribution < 1.29 is 4.79 Å². The van der Waals surface area contributed by atoms with E-state index in [2.05, 4.69) is 53.2 Å². The Bertz CT molecular complexity index is 691. The topological polar surface area (TPSA) is 20.3 Å². The Labute approximate surface area is 133 Å². The van der Waals surface area contributed by atoms with Gasteiger partial charge < -0.3 is 4.90 Å². The number of rotatable bonds is 3. The highest BCUT2D eigenvalue weighted by Crippen LogP contribution is 2.30. The summed E-state index contributed by atoms with van der Waals surface area (Å²) < 4.78 is 1.04. The van der Waals surface area contributed by atoms with Crippen molar-refractivity contribution >= 4 is 21.8 Å². The van der Waals surface area contributed by atoms with Crippen molar-refractivity contribution in [3.63, 3.8) is 0 Å². The summed E-state index contributed by atoms with van der Waals surface area (Å²) >= 11 is 3.51. The van der Waals surface area contributed by atoms with Gasteiger partial charge in [-0.25, -0.2) is 0 Å². The van der Waals surface area contributed by atoms with Gasteiger partial charge >= 0.3 is 0 Å². The summed E-state index contributed by atoms with van der Waals surface area (Å²) in [6.45, 7) is 5.52. The normalized spacial score (nSPS) is 13.7. The zero-order valence-electron chi connectivity index (χ0n) is 12.3. The molecule has 1 aliphatic rings. The van der Waals surface area contributed by atoms with E-state index in [1.165, 1.54) is 11.1 Å². The Morgan fingerprint density at radius 2 is 1.81 bits per heavy atom. The summed E-state index contributed by atoms with van der Waals surface area (Å²) in [6.07, 6.45) is 1.04. The number of carbonyl (C=O) groups is 1. The van der Waals surface area contributed by atoms with Crippen molar-refractivity contribution in [2.24, 2.45) is 0 Å². The molecular formula is C18H18BrNO. The fourth-order valence-electron chi connectivity index (χ4n) is 2.91. The van der Waals surface area contributed by atoms with Crippen LogP contribution in [0.25, 0.3) is 0 Å². The maximum Gasteiger partial charge on any atom is 0.255 e. The quantitative estimate of drug-likeness (QED) is 0.804. The average Bonchev–Trinajstić information content (AvgIpc) is 2.76. The zero-order chi connectivity index (χ0) is 15.0. The lowest BCUT2D eigenvalue weighted by molar-refractivity contribution is 0.0766. The van der Waals surface area contributed by atoms with Crippen molar-refractivity contribution in [1.29, 1.82) is 0 Å². The van der Waals surface area contributed by atoms with Crippen LogP contribution in [0, 0.1) is 6.92 Å². The third-order valence-corrected chi connectivity index (χ3v) is 4.51. The first-order valence-corrected chi connectivity index (χ1v) is 8.04. The highest BCUT2D eigenvalue weighted by Gasteiger charge is 2.29. The second-order valence-electron chi connectivity index (χ2n) is 5.59. The Balaban J connectivity index is 1.82. The van der Waals surface area contributed by atoms with E-state index in [9.17, 15) is 4.79 Å². The van der Waals surface area contributed by atoms with Gasteiger partial charge in [0, 0.05) is 23.1 Å². The van der Waals surface area contributed by atoms with Gasteiger partial charge in [-0.3, -0.25) is 4.79 Å². The molecule has 0 radical (unpaired) electrons. The minimum Gasteiger partial charge on any atom is -0.330 e. The summed E-state index contributed by atoms with van der Waals surface area (Å²) in [5.74, 6) is 0.148. The minimum atomic E-state index is 0.148. The van der Waals surface area contributed by atoms with Crippen molar-refractivity contribution in [1.82, 2.24) is 4.90 Å². The van der Waals surface area contributed by atoms with E-state index in [0.29, 0.717) is 13.1 Å². The van der Waals surface area contributed by atoms with Crippen LogP contribution in [0.2, 0.25) is 0 Å². The van der Waals surface area contributed by atoms with Crippen molar-refractivity contribution in [2.45, 2.75) is 33.4 Å². The molecule has 0 N–H and O–H groups in total.